The van der Waals surface area contributed by atoms with E-state index in [2.05, 4.69) is 6.92 Å². The van der Waals surface area contributed by atoms with E-state index in [1.165, 1.54) is 6.42 Å². The molecule has 0 saturated carbocycles. The molecule has 3 heteroatoms. The van der Waals surface area contributed by atoms with Crippen LogP contribution in [0.5, 0.6) is 0 Å². The molecule has 0 bridgehead atoms. The first-order valence-electron chi connectivity index (χ1n) is 6.07. The average Bonchev–Trinajstić information content (AvgIpc) is 2.45. The Morgan fingerprint density at radius 2 is 1.80 bits per heavy atom. The van der Waals surface area contributed by atoms with E-state index in [9.17, 15) is 4.79 Å². The van der Waals surface area contributed by atoms with E-state index < -0.39 is 0 Å². The fourth-order valence-corrected chi connectivity index (χ4v) is 1.74. The molecule has 1 atom stereocenters. The van der Waals surface area contributed by atoms with Crippen LogP contribution < -0.4 is 0 Å². The van der Waals surface area contributed by atoms with Gasteiger partial charge in [-0.2, -0.15) is 0 Å². The number of carbonyl (C=O) groups excluding carboxylic acids is 1. The largest absolute Gasteiger partial charge is 0.331 e. The summed E-state index contributed by atoms with van der Waals surface area (Å²) in [5, 5.41) is 0. The van der Waals surface area contributed by atoms with E-state index in [0.717, 1.165) is 31.8 Å². The molecule has 3 nitrogen and oxygen atoms in total. The second kappa shape index (κ2) is 7.55. The van der Waals surface area contributed by atoms with Gasteiger partial charge in [0.2, 0.25) is 0 Å². The third-order valence-electron chi connectivity index (χ3n) is 2.67. The minimum Gasteiger partial charge on any atom is -0.331 e. The maximum Gasteiger partial charge on any atom is 0.319 e. The van der Waals surface area contributed by atoms with E-state index in [1.807, 2.05) is 32.8 Å². The summed E-state index contributed by atoms with van der Waals surface area (Å²) in [6, 6.07) is 0.161. The molecule has 1 aliphatic heterocycles. The second-order valence-electron chi connectivity index (χ2n) is 4.20. The van der Waals surface area contributed by atoms with Crippen LogP contribution in [-0.4, -0.2) is 43.0 Å². The maximum absolute atomic E-state index is 11.6. The number of rotatable bonds is 0. The van der Waals surface area contributed by atoms with Crippen molar-refractivity contribution >= 4 is 6.03 Å². The molecular formula is C12H26N2O. The van der Waals surface area contributed by atoms with Crippen LogP contribution in [0.1, 0.15) is 40.0 Å². The Balaban J connectivity index is 0.000000921. The van der Waals surface area contributed by atoms with Gasteiger partial charge in [0, 0.05) is 27.2 Å². The van der Waals surface area contributed by atoms with Crippen molar-refractivity contribution in [1.82, 2.24) is 9.80 Å². The van der Waals surface area contributed by atoms with Crippen LogP contribution in [0.25, 0.3) is 0 Å². The molecule has 0 aromatic rings. The van der Waals surface area contributed by atoms with Crippen LogP contribution in [0.2, 0.25) is 0 Å². The van der Waals surface area contributed by atoms with Gasteiger partial charge in [-0.3, -0.25) is 0 Å². The number of urea groups is 1. The SMILES string of the molecule is CC.CC1CCCN(C(=O)N(C)C)CC1. The minimum absolute atomic E-state index is 0.161. The van der Waals surface area contributed by atoms with Crippen molar-refractivity contribution in [3.8, 4) is 0 Å². The van der Waals surface area contributed by atoms with Gasteiger partial charge in [0.05, 0.1) is 0 Å². The molecule has 1 unspecified atom stereocenters. The normalized spacial score (nSPS) is 21.1. The molecule has 0 aromatic carbocycles. The lowest BCUT2D eigenvalue weighted by atomic mass is 10.0. The average molecular weight is 214 g/mol. The third kappa shape index (κ3) is 5.05. The quantitative estimate of drug-likeness (QED) is 0.608. The highest BCUT2D eigenvalue weighted by Gasteiger charge is 2.19. The lowest BCUT2D eigenvalue weighted by Crippen LogP contribution is -2.39. The summed E-state index contributed by atoms with van der Waals surface area (Å²) in [5.74, 6) is 0.778. The van der Waals surface area contributed by atoms with E-state index in [1.54, 1.807) is 4.90 Å². The summed E-state index contributed by atoms with van der Waals surface area (Å²) in [6.45, 7) is 8.13. The van der Waals surface area contributed by atoms with Gasteiger partial charge in [-0.25, -0.2) is 4.79 Å². The Morgan fingerprint density at radius 1 is 1.20 bits per heavy atom. The van der Waals surface area contributed by atoms with Gasteiger partial charge in [0.1, 0.15) is 0 Å². The zero-order chi connectivity index (χ0) is 11.8. The fraction of sp³-hybridized carbons (Fsp3) is 0.917. The highest BCUT2D eigenvalue weighted by atomic mass is 16.2. The highest BCUT2D eigenvalue weighted by Crippen LogP contribution is 2.16. The van der Waals surface area contributed by atoms with Crippen LogP contribution >= 0.6 is 0 Å². The van der Waals surface area contributed by atoms with Gasteiger partial charge in [0.15, 0.2) is 0 Å². The lowest BCUT2D eigenvalue weighted by Gasteiger charge is -2.24. The molecule has 90 valence electrons. The Morgan fingerprint density at radius 3 is 2.33 bits per heavy atom. The van der Waals surface area contributed by atoms with E-state index in [0.29, 0.717) is 0 Å². The molecule has 1 aliphatic rings. The van der Waals surface area contributed by atoms with Gasteiger partial charge in [0.25, 0.3) is 0 Å². The summed E-state index contributed by atoms with van der Waals surface area (Å²) < 4.78 is 0. The monoisotopic (exact) mass is 214 g/mol. The molecule has 1 rings (SSSR count). The standard InChI is InChI=1S/C10H20N2O.C2H6/c1-9-5-4-7-12(8-6-9)10(13)11(2)3;1-2/h9H,4-8H2,1-3H3;1-2H3. The molecule has 0 spiro atoms. The van der Waals surface area contributed by atoms with Crippen molar-refractivity contribution < 1.29 is 4.79 Å². The van der Waals surface area contributed by atoms with Crippen LogP contribution in [0, 0.1) is 5.92 Å². The smallest absolute Gasteiger partial charge is 0.319 e. The molecule has 1 heterocycles. The van der Waals surface area contributed by atoms with Gasteiger partial charge in [-0.15, -0.1) is 0 Å². The molecule has 0 N–H and O–H groups in total. The summed E-state index contributed by atoms with van der Waals surface area (Å²) >= 11 is 0. The lowest BCUT2D eigenvalue weighted by molar-refractivity contribution is 0.172. The molecule has 15 heavy (non-hydrogen) atoms. The maximum atomic E-state index is 11.6. The molecule has 0 aliphatic carbocycles. The predicted molar refractivity (Wildman–Crippen MR) is 65.0 cm³/mol. The van der Waals surface area contributed by atoms with Crippen molar-refractivity contribution in [3.05, 3.63) is 0 Å². The van der Waals surface area contributed by atoms with Crippen LogP contribution in [0.4, 0.5) is 4.79 Å². The topological polar surface area (TPSA) is 23.6 Å². The Hall–Kier alpha value is -0.730. The van der Waals surface area contributed by atoms with E-state index in [4.69, 9.17) is 0 Å². The fourth-order valence-electron chi connectivity index (χ4n) is 1.74. The number of hydrogen-bond donors (Lipinski definition) is 0. The minimum atomic E-state index is 0.161. The number of hydrogen-bond acceptors (Lipinski definition) is 1. The van der Waals surface area contributed by atoms with Gasteiger partial charge >= 0.3 is 6.03 Å². The molecule has 1 fully saturated rings. The van der Waals surface area contributed by atoms with Crippen molar-refractivity contribution in [2.45, 2.75) is 40.0 Å². The van der Waals surface area contributed by atoms with Crippen molar-refractivity contribution in [2.75, 3.05) is 27.2 Å². The molecule has 2 amide bonds. The van der Waals surface area contributed by atoms with Crippen LogP contribution in [0.15, 0.2) is 0 Å². The number of carbonyl (C=O) groups is 1. The number of likely N-dealkylation sites (tertiary alicyclic amines) is 1. The van der Waals surface area contributed by atoms with Crippen molar-refractivity contribution in [3.63, 3.8) is 0 Å². The summed E-state index contributed by atoms with van der Waals surface area (Å²) in [5.41, 5.74) is 0. The summed E-state index contributed by atoms with van der Waals surface area (Å²) in [6.07, 6.45) is 3.57. The van der Waals surface area contributed by atoms with Gasteiger partial charge < -0.3 is 9.80 Å². The highest BCUT2D eigenvalue weighted by molar-refractivity contribution is 5.73. The molecule has 0 aromatic heterocycles. The van der Waals surface area contributed by atoms with Crippen LogP contribution in [-0.2, 0) is 0 Å². The van der Waals surface area contributed by atoms with Crippen LogP contribution in [0.3, 0.4) is 0 Å². The first-order chi connectivity index (χ1) is 7.11. The number of amides is 2. The first kappa shape index (κ1) is 14.3. The van der Waals surface area contributed by atoms with Crippen molar-refractivity contribution in [2.24, 2.45) is 5.92 Å². The van der Waals surface area contributed by atoms with Gasteiger partial charge in [-0.05, 0) is 25.2 Å². The first-order valence-corrected chi connectivity index (χ1v) is 6.07. The van der Waals surface area contributed by atoms with E-state index in [-0.39, 0.29) is 6.03 Å². The van der Waals surface area contributed by atoms with Crippen molar-refractivity contribution in [1.29, 1.82) is 0 Å². The zero-order valence-electron chi connectivity index (χ0n) is 10.9. The van der Waals surface area contributed by atoms with Gasteiger partial charge in [-0.1, -0.05) is 20.8 Å². The number of nitrogens with zero attached hydrogens (tertiary/aromatic N) is 2. The van der Waals surface area contributed by atoms with E-state index >= 15 is 0 Å². The Labute approximate surface area is 94.4 Å². The Bertz CT molecular complexity index is 180. The third-order valence-corrected chi connectivity index (χ3v) is 2.67. The Kier molecular flexibility index (Phi) is 7.18. The summed E-state index contributed by atoms with van der Waals surface area (Å²) in [4.78, 5) is 15.2. The summed E-state index contributed by atoms with van der Waals surface area (Å²) in [7, 11) is 3.63. The molecular weight excluding hydrogens is 188 g/mol. The second-order valence-corrected chi connectivity index (χ2v) is 4.20. The molecule has 0 radical (unpaired) electrons. The predicted octanol–water partition coefficient (Wildman–Crippen LogP) is 2.82. The zero-order valence-corrected chi connectivity index (χ0v) is 10.9. The molecule has 1 saturated heterocycles.